The van der Waals surface area contributed by atoms with Gasteiger partial charge < -0.3 is 19.3 Å². The highest BCUT2D eigenvalue weighted by molar-refractivity contribution is 6.30. The first-order valence-corrected chi connectivity index (χ1v) is 9.50. The fourth-order valence-corrected chi connectivity index (χ4v) is 3.23. The molecule has 2 aliphatic heterocycles. The van der Waals surface area contributed by atoms with E-state index in [0.717, 1.165) is 4.90 Å². The Labute approximate surface area is 168 Å². The first-order valence-electron chi connectivity index (χ1n) is 9.50. The minimum Gasteiger partial charge on any atom is -0.462 e. The van der Waals surface area contributed by atoms with Crippen LogP contribution in [0.5, 0.6) is 0 Å². The van der Waals surface area contributed by atoms with Crippen LogP contribution in [-0.4, -0.2) is 73.1 Å². The molecule has 0 aromatic heterocycles. The maximum atomic E-state index is 12.9. The molecule has 0 spiro atoms. The number of hydrogen-bond acceptors (Lipinski definition) is 7. The molecule has 9 heteroatoms. The minimum atomic E-state index is -0.462. The second-order valence-corrected chi connectivity index (χ2v) is 6.45. The van der Waals surface area contributed by atoms with Gasteiger partial charge in [-0.2, -0.15) is 0 Å². The van der Waals surface area contributed by atoms with Gasteiger partial charge >= 0.3 is 12.1 Å². The topological polar surface area (TPSA) is 96.5 Å². The molecule has 1 saturated heterocycles. The van der Waals surface area contributed by atoms with Crippen molar-refractivity contribution in [3.8, 4) is 0 Å². The zero-order valence-electron chi connectivity index (χ0n) is 16.4. The molecule has 0 radical (unpaired) electrons. The summed E-state index contributed by atoms with van der Waals surface area (Å²) in [6.07, 6.45) is 0.931. The van der Waals surface area contributed by atoms with Crippen molar-refractivity contribution in [1.29, 1.82) is 0 Å². The van der Waals surface area contributed by atoms with Crippen molar-refractivity contribution >= 4 is 29.6 Å². The summed E-state index contributed by atoms with van der Waals surface area (Å²) in [7, 11) is 0. The molecule has 154 valence electrons. The van der Waals surface area contributed by atoms with Crippen molar-refractivity contribution in [2.45, 2.75) is 13.8 Å². The van der Waals surface area contributed by atoms with E-state index in [9.17, 15) is 19.2 Å². The summed E-state index contributed by atoms with van der Waals surface area (Å²) in [6.45, 7) is 5.71. The van der Waals surface area contributed by atoms with Gasteiger partial charge in [-0.25, -0.2) is 14.5 Å². The molecule has 1 aromatic carbocycles. The van der Waals surface area contributed by atoms with Gasteiger partial charge in [0.25, 0.3) is 11.8 Å². The summed E-state index contributed by atoms with van der Waals surface area (Å²) in [5.41, 5.74) is 1.02. The Morgan fingerprint density at radius 1 is 0.931 bits per heavy atom. The average molecular weight is 401 g/mol. The van der Waals surface area contributed by atoms with Gasteiger partial charge in [0.15, 0.2) is 0 Å². The molecule has 0 unspecified atom stereocenters. The lowest BCUT2D eigenvalue weighted by Gasteiger charge is -2.35. The van der Waals surface area contributed by atoms with E-state index in [1.807, 2.05) is 0 Å². The fourth-order valence-electron chi connectivity index (χ4n) is 3.23. The summed E-state index contributed by atoms with van der Waals surface area (Å²) in [5.74, 6) is -1.33. The van der Waals surface area contributed by atoms with E-state index in [0.29, 0.717) is 49.7 Å². The Bertz CT molecular complexity index is 840. The van der Waals surface area contributed by atoms with Crippen LogP contribution in [0.1, 0.15) is 24.2 Å². The summed E-state index contributed by atoms with van der Waals surface area (Å²) < 4.78 is 9.92. The Hall–Kier alpha value is -3.36. The number of carbonyl (C=O) groups is 4. The van der Waals surface area contributed by atoms with Gasteiger partial charge in [0, 0.05) is 32.3 Å². The van der Waals surface area contributed by atoms with Crippen LogP contribution in [0.25, 0.3) is 0 Å². The molecule has 0 bridgehead atoms. The lowest BCUT2D eigenvalue weighted by molar-refractivity contribution is -0.121. The monoisotopic (exact) mass is 401 g/mol. The van der Waals surface area contributed by atoms with E-state index in [2.05, 4.69) is 0 Å². The normalized spacial score (nSPS) is 16.8. The molecule has 1 aromatic rings. The molecular weight excluding hydrogens is 378 g/mol. The molecule has 2 heterocycles. The SMILES string of the molecule is CCOC(=O)c1ccc(N2C(=O)C=C(N3CCN(C(=O)OCC)CC3)C2=O)cc1. The van der Waals surface area contributed by atoms with Gasteiger partial charge in [0.1, 0.15) is 5.70 Å². The van der Waals surface area contributed by atoms with Crippen molar-refractivity contribution in [2.24, 2.45) is 0 Å². The summed E-state index contributed by atoms with van der Waals surface area (Å²) in [4.78, 5) is 53.3. The van der Waals surface area contributed by atoms with Gasteiger partial charge in [-0.05, 0) is 38.1 Å². The summed E-state index contributed by atoms with van der Waals surface area (Å²) in [5, 5.41) is 0. The van der Waals surface area contributed by atoms with E-state index in [-0.39, 0.29) is 12.7 Å². The number of ether oxygens (including phenoxy) is 2. The molecular formula is C20H23N3O6. The highest BCUT2D eigenvalue weighted by atomic mass is 16.6. The molecule has 9 nitrogen and oxygen atoms in total. The molecule has 3 amide bonds. The molecule has 0 N–H and O–H groups in total. The van der Waals surface area contributed by atoms with Gasteiger partial charge in [-0.3, -0.25) is 9.59 Å². The van der Waals surface area contributed by atoms with E-state index >= 15 is 0 Å². The third kappa shape index (κ3) is 4.23. The second kappa shape index (κ2) is 8.76. The number of nitrogens with zero attached hydrogens (tertiary/aromatic N) is 3. The van der Waals surface area contributed by atoms with Crippen LogP contribution in [-0.2, 0) is 19.1 Å². The Morgan fingerprint density at radius 3 is 2.14 bits per heavy atom. The van der Waals surface area contributed by atoms with Crippen molar-refractivity contribution in [3.63, 3.8) is 0 Å². The second-order valence-electron chi connectivity index (χ2n) is 6.45. The van der Waals surface area contributed by atoms with E-state index < -0.39 is 17.8 Å². The van der Waals surface area contributed by atoms with Gasteiger partial charge in [-0.15, -0.1) is 0 Å². The zero-order chi connectivity index (χ0) is 21.0. The van der Waals surface area contributed by atoms with Crippen LogP contribution in [0, 0.1) is 0 Å². The van der Waals surface area contributed by atoms with Crippen LogP contribution >= 0.6 is 0 Å². The van der Waals surface area contributed by atoms with E-state index in [4.69, 9.17) is 9.47 Å². The van der Waals surface area contributed by atoms with Crippen LogP contribution in [0.2, 0.25) is 0 Å². The molecule has 3 rings (SSSR count). The Morgan fingerprint density at radius 2 is 1.55 bits per heavy atom. The molecule has 1 fully saturated rings. The number of piperazine rings is 1. The Balaban J connectivity index is 1.66. The maximum Gasteiger partial charge on any atom is 0.409 e. The molecule has 2 aliphatic rings. The number of amides is 3. The van der Waals surface area contributed by atoms with Gasteiger partial charge in [0.2, 0.25) is 0 Å². The van der Waals surface area contributed by atoms with Crippen molar-refractivity contribution in [1.82, 2.24) is 9.80 Å². The smallest absolute Gasteiger partial charge is 0.409 e. The highest BCUT2D eigenvalue weighted by Gasteiger charge is 2.37. The van der Waals surface area contributed by atoms with Crippen LogP contribution in [0.3, 0.4) is 0 Å². The zero-order valence-corrected chi connectivity index (χ0v) is 16.4. The number of imide groups is 1. The van der Waals surface area contributed by atoms with E-state index in [1.165, 1.54) is 30.3 Å². The first-order chi connectivity index (χ1) is 14.0. The number of benzene rings is 1. The Kier molecular flexibility index (Phi) is 6.16. The minimum absolute atomic E-state index is 0.264. The van der Waals surface area contributed by atoms with E-state index in [1.54, 1.807) is 23.6 Å². The quantitative estimate of drug-likeness (QED) is 0.543. The van der Waals surface area contributed by atoms with Crippen molar-refractivity contribution in [3.05, 3.63) is 41.6 Å². The standard InChI is InChI=1S/C20H23N3O6/c1-3-28-19(26)14-5-7-15(8-6-14)23-17(24)13-16(18(23)25)21-9-11-22(12-10-21)20(27)29-4-2/h5-8,13H,3-4,9-12H2,1-2H3. The lowest BCUT2D eigenvalue weighted by atomic mass is 10.2. The lowest BCUT2D eigenvalue weighted by Crippen LogP contribution is -2.49. The van der Waals surface area contributed by atoms with Gasteiger partial charge in [-0.1, -0.05) is 0 Å². The molecule has 29 heavy (non-hydrogen) atoms. The fraction of sp³-hybridized carbons (Fsp3) is 0.400. The number of carbonyl (C=O) groups excluding carboxylic acids is 4. The average Bonchev–Trinajstić information content (AvgIpc) is 3.02. The summed E-state index contributed by atoms with van der Waals surface area (Å²) in [6, 6.07) is 6.11. The maximum absolute atomic E-state index is 12.9. The predicted molar refractivity (Wildman–Crippen MR) is 103 cm³/mol. The first kappa shape index (κ1) is 20.4. The third-order valence-corrected chi connectivity index (χ3v) is 4.69. The van der Waals surface area contributed by atoms with Crippen LogP contribution in [0.15, 0.2) is 36.0 Å². The number of anilines is 1. The van der Waals surface area contributed by atoms with Gasteiger partial charge in [0.05, 0.1) is 24.5 Å². The predicted octanol–water partition coefficient (Wildman–Crippen LogP) is 1.39. The van der Waals surface area contributed by atoms with Crippen LogP contribution in [0.4, 0.5) is 10.5 Å². The highest BCUT2D eigenvalue weighted by Crippen LogP contribution is 2.25. The molecule has 0 atom stereocenters. The number of rotatable bonds is 5. The van der Waals surface area contributed by atoms with Crippen molar-refractivity contribution < 1.29 is 28.7 Å². The molecule has 0 aliphatic carbocycles. The van der Waals surface area contributed by atoms with Crippen molar-refractivity contribution in [2.75, 3.05) is 44.3 Å². The molecule has 0 saturated carbocycles. The number of esters is 1. The summed E-state index contributed by atoms with van der Waals surface area (Å²) >= 11 is 0. The third-order valence-electron chi connectivity index (χ3n) is 4.69. The van der Waals surface area contributed by atoms with Crippen LogP contribution < -0.4 is 4.90 Å². The number of hydrogen-bond donors (Lipinski definition) is 0. The largest absolute Gasteiger partial charge is 0.462 e.